The van der Waals surface area contributed by atoms with E-state index >= 15 is 0 Å². The molecule has 1 aromatic carbocycles. The van der Waals surface area contributed by atoms with E-state index in [9.17, 15) is 13.2 Å². The molecule has 0 spiro atoms. The number of nitrogens with two attached hydrogens (primary N) is 1. The van der Waals surface area contributed by atoms with Gasteiger partial charge in [0.15, 0.2) is 5.82 Å². The number of hydrogen-bond acceptors (Lipinski definition) is 3. The third kappa shape index (κ3) is 3.32. The van der Waals surface area contributed by atoms with Crippen LogP contribution < -0.4 is 5.73 Å². The molecule has 0 aliphatic carbocycles. The van der Waals surface area contributed by atoms with E-state index in [2.05, 4.69) is 9.97 Å². The molecule has 0 fully saturated rings. The van der Waals surface area contributed by atoms with Crippen molar-refractivity contribution in [2.24, 2.45) is 0 Å². The van der Waals surface area contributed by atoms with E-state index in [1.165, 1.54) is 18.2 Å². The lowest BCUT2D eigenvalue weighted by atomic mass is 9.91. The molecule has 2 rings (SSSR count). The Morgan fingerprint density at radius 1 is 1.00 bits per heavy atom. The number of halogens is 3. The minimum atomic E-state index is -4.47. The third-order valence-electron chi connectivity index (χ3n) is 2.99. The second-order valence-electron chi connectivity index (χ2n) is 5.79. The van der Waals surface area contributed by atoms with E-state index in [0.29, 0.717) is 5.69 Å². The van der Waals surface area contributed by atoms with Crippen LogP contribution in [0.4, 0.5) is 19.0 Å². The van der Waals surface area contributed by atoms with Crippen molar-refractivity contribution < 1.29 is 13.2 Å². The maximum Gasteiger partial charge on any atom is 0.417 e. The average molecular weight is 295 g/mol. The van der Waals surface area contributed by atoms with Crippen LogP contribution in [0.25, 0.3) is 11.4 Å². The molecule has 21 heavy (non-hydrogen) atoms. The number of nitrogens with zero attached hydrogens (tertiary/aromatic N) is 2. The van der Waals surface area contributed by atoms with E-state index in [-0.39, 0.29) is 22.6 Å². The second kappa shape index (κ2) is 5.02. The summed E-state index contributed by atoms with van der Waals surface area (Å²) in [6.45, 7) is 5.73. The first-order valence-electron chi connectivity index (χ1n) is 6.40. The molecule has 0 unspecified atom stereocenters. The van der Waals surface area contributed by atoms with Crippen molar-refractivity contribution in [1.82, 2.24) is 9.97 Å². The topological polar surface area (TPSA) is 51.8 Å². The average Bonchev–Trinajstić information content (AvgIpc) is 2.36. The number of anilines is 1. The molecule has 0 amide bonds. The maximum atomic E-state index is 13.1. The van der Waals surface area contributed by atoms with Gasteiger partial charge in [-0.2, -0.15) is 13.2 Å². The van der Waals surface area contributed by atoms with Gasteiger partial charge in [0.05, 0.1) is 11.3 Å². The molecular weight excluding hydrogens is 279 g/mol. The van der Waals surface area contributed by atoms with E-state index in [1.807, 2.05) is 20.8 Å². The largest absolute Gasteiger partial charge is 0.417 e. The number of nitrogen functional groups attached to an aromatic ring is 1. The summed E-state index contributed by atoms with van der Waals surface area (Å²) >= 11 is 0. The lowest BCUT2D eigenvalue weighted by molar-refractivity contribution is -0.137. The highest BCUT2D eigenvalue weighted by Gasteiger charge is 2.34. The summed E-state index contributed by atoms with van der Waals surface area (Å²) < 4.78 is 39.2. The number of benzene rings is 1. The Hall–Kier alpha value is -2.11. The monoisotopic (exact) mass is 295 g/mol. The van der Waals surface area contributed by atoms with Crippen molar-refractivity contribution in [2.45, 2.75) is 32.4 Å². The van der Waals surface area contributed by atoms with Crippen molar-refractivity contribution in [1.29, 1.82) is 0 Å². The first-order chi connectivity index (χ1) is 9.59. The predicted molar refractivity (Wildman–Crippen MR) is 75.6 cm³/mol. The Balaban J connectivity index is 2.66. The van der Waals surface area contributed by atoms with E-state index in [0.717, 1.165) is 6.07 Å². The third-order valence-corrected chi connectivity index (χ3v) is 2.99. The fraction of sp³-hybridized carbons (Fsp3) is 0.333. The zero-order valence-corrected chi connectivity index (χ0v) is 12.0. The molecule has 112 valence electrons. The molecule has 0 atom stereocenters. The molecule has 1 heterocycles. The molecule has 3 nitrogen and oxygen atoms in total. The molecule has 2 N–H and O–H groups in total. The maximum absolute atomic E-state index is 13.1. The molecule has 0 aliphatic rings. The lowest BCUT2D eigenvalue weighted by Crippen LogP contribution is -2.16. The zero-order chi connectivity index (χ0) is 15.8. The van der Waals surface area contributed by atoms with Gasteiger partial charge >= 0.3 is 6.18 Å². The van der Waals surface area contributed by atoms with Gasteiger partial charge in [0.25, 0.3) is 0 Å². The molecule has 0 bridgehead atoms. The molecule has 0 aliphatic heterocycles. The van der Waals surface area contributed by atoms with Crippen LogP contribution in [0.2, 0.25) is 0 Å². The summed E-state index contributed by atoms with van der Waals surface area (Å²) in [5, 5.41) is 0. The fourth-order valence-corrected chi connectivity index (χ4v) is 1.90. The minimum Gasteiger partial charge on any atom is -0.384 e. The van der Waals surface area contributed by atoms with Gasteiger partial charge in [-0.05, 0) is 6.07 Å². The number of aromatic nitrogens is 2. The van der Waals surface area contributed by atoms with Gasteiger partial charge in [0, 0.05) is 17.0 Å². The van der Waals surface area contributed by atoms with Crippen molar-refractivity contribution >= 4 is 5.82 Å². The zero-order valence-electron chi connectivity index (χ0n) is 12.0. The second-order valence-corrected chi connectivity index (χ2v) is 5.79. The van der Waals surface area contributed by atoms with E-state index in [4.69, 9.17) is 5.73 Å². The standard InChI is InChI=1S/C15H16F3N3/c1-14(2,3)11-8-12(19)21-13(20-11)9-6-4-5-7-10(9)15(16,17)18/h4-8H,1-3H3,(H2,19,20,21). The number of alkyl halides is 3. The first kappa shape index (κ1) is 15.3. The first-order valence-corrected chi connectivity index (χ1v) is 6.40. The minimum absolute atomic E-state index is 0.00662. The summed E-state index contributed by atoms with van der Waals surface area (Å²) in [5.41, 5.74) is 5.15. The van der Waals surface area contributed by atoms with E-state index in [1.54, 1.807) is 6.07 Å². The van der Waals surface area contributed by atoms with Crippen LogP contribution >= 0.6 is 0 Å². The Morgan fingerprint density at radius 3 is 2.19 bits per heavy atom. The van der Waals surface area contributed by atoms with Gasteiger partial charge < -0.3 is 5.73 Å². The summed E-state index contributed by atoms with van der Waals surface area (Å²) in [5.74, 6) is 0.148. The van der Waals surface area contributed by atoms with E-state index < -0.39 is 11.7 Å². The van der Waals surface area contributed by atoms with Gasteiger partial charge in [-0.15, -0.1) is 0 Å². The van der Waals surface area contributed by atoms with Crippen LogP contribution in [-0.4, -0.2) is 9.97 Å². The normalized spacial score (nSPS) is 12.5. The molecule has 2 aromatic rings. The molecule has 1 aromatic heterocycles. The van der Waals surface area contributed by atoms with Gasteiger partial charge in [0.2, 0.25) is 0 Å². The molecule has 0 saturated heterocycles. The highest BCUT2D eigenvalue weighted by Crippen LogP contribution is 2.36. The van der Waals surface area contributed by atoms with Crippen molar-refractivity contribution in [3.05, 3.63) is 41.6 Å². The van der Waals surface area contributed by atoms with Gasteiger partial charge in [-0.3, -0.25) is 0 Å². The Kier molecular flexibility index (Phi) is 3.65. The highest BCUT2D eigenvalue weighted by atomic mass is 19.4. The summed E-state index contributed by atoms with van der Waals surface area (Å²) in [6, 6.07) is 6.81. The van der Waals surface area contributed by atoms with Crippen molar-refractivity contribution in [2.75, 3.05) is 5.73 Å². The van der Waals surface area contributed by atoms with Gasteiger partial charge in [-0.1, -0.05) is 39.0 Å². The SMILES string of the molecule is CC(C)(C)c1cc(N)nc(-c2ccccc2C(F)(F)F)n1. The quantitative estimate of drug-likeness (QED) is 0.863. The number of hydrogen-bond donors (Lipinski definition) is 1. The highest BCUT2D eigenvalue weighted by molar-refractivity contribution is 5.62. The lowest BCUT2D eigenvalue weighted by Gasteiger charge is -2.19. The molecule has 0 saturated carbocycles. The van der Waals surface area contributed by atoms with Gasteiger partial charge in [-0.25, -0.2) is 9.97 Å². The summed E-state index contributed by atoms with van der Waals surface area (Å²) in [4.78, 5) is 8.22. The Labute approximate surface area is 121 Å². The number of rotatable bonds is 1. The molecule has 0 radical (unpaired) electrons. The smallest absolute Gasteiger partial charge is 0.384 e. The van der Waals surface area contributed by atoms with Crippen LogP contribution in [0.1, 0.15) is 32.0 Å². The van der Waals surface area contributed by atoms with Crippen LogP contribution in [0, 0.1) is 0 Å². The van der Waals surface area contributed by atoms with Crippen LogP contribution in [0.5, 0.6) is 0 Å². The Bertz CT molecular complexity index is 658. The Morgan fingerprint density at radius 2 is 1.62 bits per heavy atom. The van der Waals surface area contributed by atoms with Crippen molar-refractivity contribution in [3.63, 3.8) is 0 Å². The van der Waals surface area contributed by atoms with Crippen LogP contribution in [-0.2, 0) is 11.6 Å². The fourth-order valence-electron chi connectivity index (χ4n) is 1.90. The van der Waals surface area contributed by atoms with Crippen LogP contribution in [0.3, 0.4) is 0 Å². The molecular formula is C15H16F3N3. The van der Waals surface area contributed by atoms with Crippen LogP contribution in [0.15, 0.2) is 30.3 Å². The predicted octanol–water partition coefficient (Wildman–Crippen LogP) is 4.04. The molecule has 6 heteroatoms. The van der Waals surface area contributed by atoms with Gasteiger partial charge in [0.1, 0.15) is 5.82 Å². The summed E-state index contributed by atoms with van der Waals surface area (Å²) in [7, 11) is 0. The van der Waals surface area contributed by atoms with Crippen molar-refractivity contribution in [3.8, 4) is 11.4 Å². The summed E-state index contributed by atoms with van der Waals surface area (Å²) in [6.07, 6.45) is -4.47.